The minimum atomic E-state index is -4.73. The minimum absolute atomic E-state index is 0. The fourth-order valence-corrected chi connectivity index (χ4v) is 9.65. The van der Waals surface area contributed by atoms with Crippen molar-refractivity contribution in [2.75, 3.05) is 23.7 Å². The van der Waals surface area contributed by atoms with E-state index in [4.69, 9.17) is 10.5 Å². The third-order valence-electron chi connectivity index (χ3n) is 12.0. The van der Waals surface area contributed by atoms with E-state index in [1.165, 1.54) is 30.6 Å². The zero-order valence-corrected chi connectivity index (χ0v) is 41.4. The van der Waals surface area contributed by atoms with Crippen molar-refractivity contribution in [2.45, 2.75) is 87.7 Å². The number of benzene rings is 3. The number of amides is 1. The van der Waals surface area contributed by atoms with E-state index in [-0.39, 0.29) is 64.2 Å². The number of nitrogens with zero attached hydrogens (tertiary/aromatic N) is 5. The number of rotatable bonds is 17. The van der Waals surface area contributed by atoms with Gasteiger partial charge in [-0.2, -0.15) is 14.5 Å². The molecule has 4 N–H and O–H groups in total. The van der Waals surface area contributed by atoms with Crippen molar-refractivity contribution in [3.8, 4) is 5.88 Å². The van der Waals surface area contributed by atoms with Gasteiger partial charge in [-0.15, -0.1) is 0 Å². The second-order valence-corrected chi connectivity index (χ2v) is 19.3. The number of H-pyrrole nitrogens is 1. The normalized spacial score (nSPS) is 17.6. The van der Waals surface area contributed by atoms with E-state index >= 15 is 0 Å². The van der Waals surface area contributed by atoms with E-state index in [1.807, 2.05) is 101 Å². The number of aromatic nitrogens is 4. The molecule has 16 nitrogen and oxygen atoms in total. The van der Waals surface area contributed by atoms with Gasteiger partial charge in [0, 0.05) is 54.0 Å². The molecule has 340 valence electrons. The Hall–Kier alpha value is -5.47. The summed E-state index contributed by atoms with van der Waals surface area (Å²) in [7, 11) is -9.33. The summed E-state index contributed by atoms with van der Waals surface area (Å²) in [6.07, 6.45) is 16.1. The summed E-state index contributed by atoms with van der Waals surface area (Å²) >= 11 is 0. The fourth-order valence-electron chi connectivity index (χ4n) is 8.65. The number of aromatic amines is 1. The quantitative estimate of drug-likeness (QED) is 0.0524. The summed E-state index contributed by atoms with van der Waals surface area (Å²) in [6.45, 7) is 11.8. The van der Waals surface area contributed by atoms with Gasteiger partial charge in [-0.1, -0.05) is 54.6 Å². The van der Waals surface area contributed by atoms with Crippen LogP contribution >= 0.6 is 0 Å². The van der Waals surface area contributed by atoms with Crippen LogP contribution in [0.5, 0.6) is 5.88 Å². The number of ether oxygens (including phenoxy) is 1. The Labute approximate surface area is 407 Å². The average molecular weight is 943 g/mol. The van der Waals surface area contributed by atoms with Crippen molar-refractivity contribution in [1.82, 2.24) is 25.3 Å². The number of likely N-dealkylation sites (N-methyl/N-ethyl adjacent to an activating group) is 1. The number of hydrogen-bond acceptors (Lipinski definition) is 13. The number of anilines is 2. The number of fused-ring (bicyclic) bond motifs is 3. The number of hydrogen-bond donors (Lipinski definition) is 3. The van der Waals surface area contributed by atoms with Gasteiger partial charge < -0.3 is 34.8 Å². The minimum Gasteiger partial charge on any atom is -0.744 e. The molecule has 5 aromatic rings. The molecule has 7 rings (SSSR count). The Morgan fingerprint density at radius 2 is 1.55 bits per heavy atom. The van der Waals surface area contributed by atoms with E-state index in [0.29, 0.717) is 55.1 Å². The molecule has 0 saturated carbocycles. The van der Waals surface area contributed by atoms with Crippen molar-refractivity contribution in [2.24, 2.45) is 0 Å². The summed E-state index contributed by atoms with van der Waals surface area (Å²) in [5.41, 5.74) is 12.2. The molecular weight excluding hydrogens is 892 g/mol. The second kappa shape index (κ2) is 20.2. The number of allylic oxidation sites excluding steroid dienone is 8. The van der Waals surface area contributed by atoms with Gasteiger partial charge in [-0.05, 0) is 101 Å². The predicted molar refractivity (Wildman–Crippen MR) is 246 cm³/mol. The molecule has 66 heavy (non-hydrogen) atoms. The van der Waals surface area contributed by atoms with Crippen LogP contribution in [0, 0.1) is 0 Å². The topological polar surface area (TPSA) is 239 Å². The van der Waals surface area contributed by atoms with Gasteiger partial charge in [0.25, 0.3) is 0 Å². The Balaban J connectivity index is 0.00000720. The largest absolute Gasteiger partial charge is 1.00 e. The maximum atomic E-state index is 13.2. The molecule has 1 amide bonds. The van der Waals surface area contributed by atoms with E-state index in [9.17, 15) is 30.7 Å². The molecule has 0 saturated heterocycles. The van der Waals surface area contributed by atoms with Crippen LogP contribution in [0.2, 0.25) is 0 Å². The van der Waals surface area contributed by atoms with Crippen LogP contribution in [-0.4, -0.2) is 75.2 Å². The molecule has 4 heterocycles. The summed E-state index contributed by atoms with van der Waals surface area (Å²) < 4.78 is 79.8. The van der Waals surface area contributed by atoms with Gasteiger partial charge in [0.05, 0.1) is 21.5 Å². The average Bonchev–Trinajstić information content (AvgIpc) is 3.89. The smallest absolute Gasteiger partial charge is 0.744 e. The predicted octanol–water partition coefficient (Wildman–Crippen LogP) is 3.56. The number of carbonyl (C=O) groups excluding carboxylic acids is 1. The summed E-state index contributed by atoms with van der Waals surface area (Å²) in [4.78, 5) is 30.0. The SMILES string of the molecule is CCN1/C(=C/C=C/C=C/C=C/C2=[N+](CC)c3ccc(S(=O)(=O)[O-])cc3C2(C)C)C(C)(CCCC(=O)NCc2ccc(COc3nc(N)nc4nc[nH]c34)cc2)c2cc(S(=O)(=O)[O-])ccc21.[Na+]. The zero-order valence-electron chi connectivity index (χ0n) is 37.7. The molecule has 2 aromatic heterocycles. The Kier molecular flexibility index (Phi) is 15.3. The molecule has 0 bridgehead atoms. The van der Waals surface area contributed by atoms with Crippen LogP contribution < -0.4 is 50.2 Å². The maximum Gasteiger partial charge on any atom is 1.00 e. The molecule has 1 atom stereocenters. The van der Waals surface area contributed by atoms with Crippen LogP contribution in [0.4, 0.5) is 17.3 Å². The van der Waals surface area contributed by atoms with Crippen LogP contribution in [0.3, 0.4) is 0 Å². The van der Waals surface area contributed by atoms with Crippen LogP contribution in [0.25, 0.3) is 11.2 Å². The van der Waals surface area contributed by atoms with Gasteiger partial charge in [0.15, 0.2) is 11.4 Å². The van der Waals surface area contributed by atoms with E-state index in [0.717, 1.165) is 39.5 Å². The molecule has 0 radical (unpaired) electrons. The van der Waals surface area contributed by atoms with Crippen molar-refractivity contribution in [3.05, 3.63) is 137 Å². The first-order valence-electron chi connectivity index (χ1n) is 21.1. The number of imidazole rings is 1. The van der Waals surface area contributed by atoms with E-state index in [2.05, 4.69) is 34.7 Å². The van der Waals surface area contributed by atoms with Crippen molar-refractivity contribution in [1.29, 1.82) is 0 Å². The molecule has 0 spiro atoms. The van der Waals surface area contributed by atoms with Crippen LogP contribution in [0.15, 0.2) is 125 Å². The third kappa shape index (κ3) is 10.5. The van der Waals surface area contributed by atoms with Crippen molar-refractivity contribution in [3.63, 3.8) is 0 Å². The Morgan fingerprint density at radius 1 is 0.894 bits per heavy atom. The Morgan fingerprint density at radius 3 is 2.23 bits per heavy atom. The summed E-state index contributed by atoms with van der Waals surface area (Å²) in [5, 5.41) is 3.00. The van der Waals surface area contributed by atoms with E-state index in [1.54, 1.807) is 12.1 Å². The number of carbonyl (C=O) groups is 1. The van der Waals surface area contributed by atoms with Crippen molar-refractivity contribution < 1.29 is 69.6 Å². The molecule has 3 aromatic carbocycles. The van der Waals surface area contributed by atoms with Crippen LogP contribution in [0.1, 0.15) is 76.1 Å². The first-order chi connectivity index (χ1) is 30.8. The first-order valence-corrected chi connectivity index (χ1v) is 24.0. The Bertz CT molecular complexity index is 3040. The van der Waals surface area contributed by atoms with Gasteiger partial charge >= 0.3 is 29.6 Å². The number of nitrogens with two attached hydrogens (primary N) is 1. The van der Waals surface area contributed by atoms with Gasteiger partial charge in [0.1, 0.15) is 38.9 Å². The molecule has 2 aliphatic heterocycles. The molecular formula is C47H51N8NaO8S2. The number of nitrogens with one attached hydrogen (secondary N) is 2. The molecule has 0 aliphatic carbocycles. The monoisotopic (exact) mass is 942 g/mol. The van der Waals surface area contributed by atoms with Crippen molar-refractivity contribution >= 4 is 60.3 Å². The van der Waals surface area contributed by atoms with Gasteiger partial charge in [-0.3, -0.25) is 4.79 Å². The standard InChI is InChI=1S/C47H52N8O8S2.Na/c1-6-54-37-23-21-33(64(57,58)59)26-35(37)46(3,4)39(54)14-11-9-8-10-12-15-40-47(5,36-27-34(65(60,61)62)22-24-38(36)55(40)7-2)25-13-16-41(56)49-28-31-17-19-32(20-18-31)29-63-44-42-43(51-30-50-42)52-45(48)53-44;/h8-12,14-15,17-24,26-27,30H,6-7,13,16,25,28-29H2,1-5H3,(H5-,48,49,50,51,52,53,56,57,58,59,60,61,62);/q;+1/p-1. The van der Waals surface area contributed by atoms with Crippen LogP contribution in [-0.2, 0) is 49.0 Å². The first kappa shape index (κ1) is 50.0. The number of nitrogen functional groups attached to an aromatic ring is 1. The van der Waals surface area contributed by atoms with E-state index < -0.39 is 31.1 Å². The van der Waals surface area contributed by atoms with Gasteiger partial charge in [-0.25, -0.2) is 21.8 Å². The van der Waals surface area contributed by atoms with Gasteiger partial charge in [0.2, 0.25) is 23.4 Å². The zero-order chi connectivity index (χ0) is 46.7. The molecule has 1 unspecified atom stereocenters. The fraction of sp³-hybridized carbons (Fsp3) is 0.298. The molecule has 19 heteroatoms. The molecule has 0 fully saturated rings. The summed E-state index contributed by atoms with van der Waals surface area (Å²) in [5.74, 6) is 0.221. The molecule has 2 aliphatic rings. The third-order valence-corrected chi connectivity index (χ3v) is 13.6. The maximum absolute atomic E-state index is 13.2. The summed E-state index contributed by atoms with van der Waals surface area (Å²) in [6, 6.07) is 16.6. The second-order valence-electron chi connectivity index (χ2n) is 16.5.